The van der Waals surface area contributed by atoms with Crippen LogP contribution in [0.15, 0.2) is 52.4 Å². The number of hydrogen-bond acceptors (Lipinski definition) is 4. The molecule has 27 heavy (non-hydrogen) atoms. The third-order valence-corrected chi connectivity index (χ3v) is 5.85. The molecular weight excluding hydrogens is 405 g/mol. The molecule has 5 nitrogen and oxygen atoms in total. The molecule has 140 valence electrons. The van der Waals surface area contributed by atoms with Gasteiger partial charge in [-0.15, -0.1) is 0 Å². The Hall–Kier alpha value is -2.02. The number of nitrogens with zero attached hydrogens (tertiary/aromatic N) is 3. The number of thioether (sulfide) groups is 1. The third-order valence-electron chi connectivity index (χ3n) is 4.10. The predicted molar refractivity (Wildman–Crippen MR) is 111 cm³/mol. The van der Waals surface area contributed by atoms with Gasteiger partial charge >= 0.3 is 0 Å². The SMILES string of the molecule is CN(Cc1ccc(Cl)c(Cl)c1)C(=O)CSc1nc2ccccc2c(=O)n1C. The molecule has 2 aromatic carbocycles. The molecular formula is C19H17Cl2N3O2S. The molecule has 0 bridgehead atoms. The van der Waals surface area contributed by atoms with E-state index >= 15 is 0 Å². The van der Waals surface area contributed by atoms with E-state index in [9.17, 15) is 9.59 Å². The number of para-hydroxylation sites is 1. The molecule has 1 amide bonds. The maximum Gasteiger partial charge on any atom is 0.261 e. The van der Waals surface area contributed by atoms with E-state index in [-0.39, 0.29) is 17.2 Å². The van der Waals surface area contributed by atoms with Crippen LogP contribution < -0.4 is 5.56 Å². The number of aromatic nitrogens is 2. The third kappa shape index (κ3) is 4.46. The minimum Gasteiger partial charge on any atom is -0.341 e. The first-order chi connectivity index (χ1) is 12.9. The van der Waals surface area contributed by atoms with Crippen molar-refractivity contribution >= 4 is 51.8 Å². The highest BCUT2D eigenvalue weighted by Gasteiger charge is 2.14. The number of rotatable bonds is 5. The van der Waals surface area contributed by atoms with E-state index in [1.54, 1.807) is 49.3 Å². The zero-order valence-electron chi connectivity index (χ0n) is 14.8. The van der Waals surface area contributed by atoms with Gasteiger partial charge < -0.3 is 4.90 Å². The first-order valence-electron chi connectivity index (χ1n) is 8.13. The Kier molecular flexibility index (Phi) is 6.09. The standard InChI is InChI=1S/C19H17Cl2N3O2S/c1-23(10-12-7-8-14(20)15(21)9-12)17(25)11-27-19-22-16-6-4-3-5-13(16)18(26)24(19)2/h3-9H,10-11H2,1-2H3. The molecule has 0 unspecified atom stereocenters. The second-order valence-electron chi connectivity index (χ2n) is 6.06. The zero-order chi connectivity index (χ0) is 19.6. The van der Waals surface area contributed by atoms with Crippen molar-refractivity contribution in [1.82, 2.24) is 14.5 Å². The number of amides is 1. The highest BCUT2D eigenvalue weighted by molar-refractivity contribution is 7.99. The molecule has 1 heterocycles. The summed E-state index contributed by atoms with van der Waals surface area (Å²) in [6.45, 7) is 0.417. The summed E-state index contributed by atoms with van der Waals surface area (Å²) in [6, 6.07) is 12.5. The van der Waals surface area contributed by atoms with Crippen molar-refractivity contribution in [2.24, 2.45) is 7.05 Å². The van der Waals surface area contributed by atoms with Gasteiger partial charge in [-0.2, -0.15) is 0 Å². The van der Waals surface area contributed by atoms with Gasteiger partial charge in [0.15, 0.2) is 5.16 Å². The minimum absolute atomic E-state index is 0.0755. The van der Waals surface area contributed by atoms with E-state index < -0.39 is 0 Å². The summed E-state index contributed by atoms with van der Waals surface area (Å²) in [7, 11) is 3.38. The monoisotopic (exact) mass is 421 g/mol. The van der Waals surface area contributed by atoms with Gasteiger partial charge in [-0.05, 0) is 29.8 Å². The molecule has 0 radical (unpaired) electrons. The Morgan fingerprint density at radius 1 is 1.19 bits per heavy atom. The van der Waals surface area contributed by atoms with Crippen LogP contribution in [0.4, 0.5) is 0 Å². The van der Waals surface area contributed by atoms with Crippen LogP contribution in [-0.2, 0) is 18.4 Å². The fourth-order valence-electron chi connectivity index (χ4n) is 2.56. The largest absolute Gasteiger partial charge is 0.341 e. The lowest BCUT2D eigenvalue weighted by molar-refractivity contribution is -0.127. The molecule has 0 aliphatic heterocycles. The topological polar surface area (TPSA) is 55.2 Å². The summed E-state index contributed by atoms with van der Waals surface area (Å²) in [5.41, 5.74) is 1.39. The van der Waals surface area contributed by atoms with E-state index in [4.69, 9.17) is 23.2 Å². The molecule has 0 atom stereocenters. The number of benzene rings is 2. The van der Waals surface area contributed by atoms with Crippen molar-refractivity contribution < 1.29 is 4.79 Å². The maximum atomic E-state index is 12.5. The Morgan fingerprint density at radius 2 is 1.93 bits per heavy atom. The van der Waals surface area contributed by atoms with Gasteiger partial charge in [0.05, 0.1) is 26.7 Å². The second kappa shape index (κ2) is 8.33. The van der Waals surface area contributed by atoms with Gasteiger partial charge in [-0.25, -0.2) is 4.98 Å². The smallest absolute Gasteiger partial charge is 0.261 e. The summed E-state index contributed by atoms with van der Waals surface area (Å²) in [5.74, 6) is 0.102. The van der Waals surface area contributed by atoms with Gasteiger partial charge in [0, 0.05) is 20.6 Å². The van der Waals surface area contributed by atoms with Crippen LogP contribution in [0.3, 0.4) is 0 Å². The van der Waals surface area contributed by atoms with Crippen LogP contribution in [0.5, 0.6) is 0 Å². The van der Waals surface area contributed by atoms with Crippen molar-refractivity contribution in [2.45, 2.75) is 11.7 Å². The van der Waals surface area contributed by atoms with Crippen LogP contribution in [0.2, 0.25) is 10.0 Å². The van der Waals surface area contributed by atoms with Gasteiger partial charge in [-0.3, -0.25) is 14.2 Å². The van der Waals surface area contributed by atoms with Crippen molar-refractivity contribution in [3.8, 4) is 0 Å². The van der Waals surface area contributed by atoms with Gasteiger partial charge in [0.1, 0.15) is 0 Å². The number of carbonyl (C=O) groups excluding carboxylic acids is 1. The van der Waals surface area contributed by atoms with E-state index in [1.165, 1.54) is 16.3 Å². The fraction of sp³-hybridized carbons (Fsp3) is 0.211. The predicted octanol–water partition coefficient (Wildman–Crippen LogP) is 3.99. The highest BCUT2D eigenvalue weighted by atomic mass is 35.5. The summed E-state index contributed by atoms with van der Waals surface area (Å²) >= 11 is 13.2. The van der Waals surface area contributed by atoms with Gasteiger partial charge in [0.25, 0.3) is 5.56 Å². The zero-order valence-corrected chi connectivity index (χ0v) is 17.1. The number of carbonyl (C=O) groups is 1. The van der Waals surface area contributed by atoms with Crippen LogP contribution >= 0.6 is 35.0 Å². The quantitative estimate of drug-likeness (QED) is 0.461. The van der Waals surface area contributed by atoms with E-state index in [1.807, 2.05) is 12.1 Å². The summed E-state index contributed by atoms with van der Waals surface area (Å²) in [5, 5.41) is 2.01. The van der Waals surface area contributed by atoms with Crippen LogP contribution in [-0.4, -0.2) is 33.2 Å². The molecule has 0 spiro atoms. The van der Waals surface area contributed by atoms with Crippen LogP contribution in [0, 0.1) is 0 Å². The molecule has 0 N–H and O–H groups in total. The van der Waals surface area contributed by atoms with E-state index in [2.05, 4.69) is 4.98 Å². The molecule has 0 fully saturated rings. The fourth-order valence-corrected chi connectivity index (χ4v) is 3.80. The summed E-state index contributed by atoms with van der Waals surface area (Å²) in [6.07, 6.45) is 0. The Labute approximate surface area is 170 Å². The number of halogens is 2. The Bertz CT molecular complexity index is 1070. The Morgan fingerprint density at radius 3 is 2.67 bits per heavy atom. The van der Waals surface area contributed by atoms with Gasteiger partial charge in [-0.1, -0.05) is 53.2 Å². The lowest BCUT2D eigenvalue weighted by atomic mass is 10.2. The van der Waals surface area contributed by atoms with Crippen molar-refractivity contribution in [1.29, 1.82) is 0 Å². The molecule has 0 aliphatic rings. The van der Waals surface area contributed by atoms with Crippen molar-refractivity contribution in [3.05, 3.63) is 68.4 Å². The molecule has 0 saturated carbocycles. The molecule has 0 saturated heterocycles. The molecule has 1 aromatic heterocycles. The van der Waals surface area contributed by atoms with Crippen LogP contribution in [0.25, 0.3) is 10.9 Å². The van der Waals surface area contributed by atoms with Crippen molar-refractivity contribution in [3.63, 3.8) is 0 Å². The molecule has 0 aliphatic carbocycles. The summed E-state index contributed by atoms with van der Waals surface area (Å²) < 4.78 is 1.47. The Balaban J connectivity index is 1.69. The number of fused-ring (bicyclic) bond motifs is 1. The van der Waals surface area contributed by atoms with Gasteiger partial charge in [0.2, 0.25) is 5.91 Å². The van der Waals surface area contributed by atoms with E-state index in [0.717, 1.165) is 5.56 Å². The lowest BCUT2D eigenvalue weighted by Gasteiger charge is -2.17. The highest BCUT2D eigenvalue weighted by Crippen LogP contribution is 2.23. The van der Waals surface area contributed by atoms with Crippen molar-refractivity contribution in [2.75, 3.05) is 12.8 Å². The number of hydrogen-bond donors (Lipinski definition) is 0. The summed E-state index contributed by atoms with van der Waals surface area (Å²) in [4.78, 5) is 31.0. The first kappa shape index (κ1) is 19.7. The maximum absolute atomic E-state index is 12.5. The lowest BCUT2D eigenvalue weighted by Crippen LogP contribution is -2.28. The molecule has 3 rings (SSSR count). The van der Waals surface area contributed by atoms with Crippen LogP contribution in [0.1, 0.15) is 5.56 Å². The first-order valence-corrected chi connectivity index (χ1v) is 9.87. The minimum atomic E-state index is -0.125. The average Bonchev–Trinajstić information content (AvgIpc) is 2.66. The molecule has 8 heteroatoms. The molecule has 3 aromatic rings. The average molecular weight is 422 g/mol. The van der Waals surface area contributed by atoms with E-state index in [0.29, 0.717) is 32.6 Å². The normalized spacial score (nSPS) is 11.0. The second-order valence-corrected chi connectivity index (χ2v) is 7.82.